The normalized spacial score (nSPS) is 10.3. The summed E-state index contributed by atoms with van der Waals surface area (Å²) in [4.78, 5) is 11.8. The number of halogens is 3. The van der Waals surface area contributed by atoms with Gasteiger partial charge in [-0.2, -0.15) is 0 Å². The first kappa shape index (κ1) is 12.3. The van der Waals surface area contributed by atoms with E-state index < -0.39 is 0 Å². The first-order valence-electron chi connectivity index (χ1n) is 4.56. The molecule has 0 unspecified atom stereocenters. The van der Waals surface area contributed by atoms with Crippen LogP contribution in [0.15, 0.2) is 34.9 Å². The van der Waals surface area contributed by atoms with Gasteiger partial charge in [-0.25, -0.2) is 0 Å². The largest absolute Gasteiger partial charge is 0.452 e. The Balaban J connectivity index is 2.21. The van der Waals surface area contributed by atoms with Gasteiger partial charge in [0, 0.05) is 15.7 Å². The van der Waals surface area contributed by atoms with E-state index in [1.54, 1.807) is 18.2 Å². The van der Waals surface area contributed by atoms with Gasteiger partial charge in [0.15, 0.2) is 0 Å². The smallest absolute Gasteiger partial charge is 0.260 e. The zero-order chi connectivity index (χ0) is 12.4. The number of benzene rings is 1. The Hall–Kier alpha value is -1.16. The van der Waals surface area contributed by atoms with E-state index in [1.807, 2.05) is 0 Å². The summed E-state index contributed by atoms with van der Waals surface area (Å²) >= 11 is 17.3. The number of rotatable bonds is 2. The highest BCUT2D eigenvalue weighted by Gasteiger charge is 2.13. The number of carbonyl (C=O) groups excluding carboxylic acids is 1. The van der Waals surface area contributed by atoms with Crippen LogP contribution in [0.5, 0.6) is 0 Å². The van der Waals surface area contributed by atoms with Crippen LogP contribution in [0.25, 0.3) is 0 Å². The predicted octanol–water partition coefficient (Wildman–Crippen LogP) is 4.49. The van der Waals surface area contributed by atoms with E-state index in [0.717, 1.165) is 0 Å². The minimum atomic E-state index is -0.387. The van der Waals surface area contributed by atoms with Crippen LogP contribution in [0.3, 0.4) is 0 Å². The lowest BCUT2D eigenvalue weighted by molar-refractivity contribution is 0.102. The van der Waals surface area contributed by atoms with Gasteiger partial charge < -0.3 is 9.73 Å². The number of nitrogens with one attached hydrogen (secondary N) is 1. The third kappa shape index (κ3) is 2.94. The van der Waals surface area contributed by atoms with Gasteiger partial charge in [-0.05, 0) is 35.9 Å². The Labute approximate surface area is 112 Å². The molecule has 0 aliphatic rings. The summed E-state index contributed by atoms with van der Waals surface area (Å²) in [5, 5.41) is 3.52. The molecule has 0 fully saturated rings. The van der Waals surface area contributed by atoms with Gasteiger partial charge in [0.2, 0.25) is 5.22 Å². The molecule has 0 atom stereocenters. The van der Waals surface area contributed by atoms with Gasteiger partial charge in [0.1, 0.15) is 0 Å². The third-order valence-electron chi connectivity index (χ3n) is 1.98. The first-order chi connectivity index (χ1) is 8.06. The molecule has 1 heterocycles. The molecule has 0 saturated heterocycles. The second-order valence-electron chi connectivity index (χ2n) is 3.22. The molecule has 0 bridgehead atoms. The Bertz CT molecular complexity index is 545. The highest BCUT2D eigenvalue weighted by Crippen LogP contribution is 2.24. The van der Waals surface area contributed by atoms with E-state index in [9.17, 15) is 4.79 Å². The Kier molecular flexibility index (Phi) is 3.62. The second-order valence-corrected chi connectivity index (χ2v) is 4.44. The maximum Gasteiger partial charge on any atom is 0.260 e. The zero-order valence-corrected chi connectivity index (χ0v) is 10.6. The number of furan rings is 1. The molecular weight excluding hydrogens is 284 g/mol. The topological polar surface area (TPSA) is 42.2 Å². The standard InChI is InChI=1S/C11H6Cl3NO2/c12-6-3-7(13)5-8(4-6)15-11(16)9-1-2-17-10(9)14/h1-5H,(H,15,16). The van der Waals surface area contributed by atoms with Crippen molar-refractivity contribution in [3.05, 3.63) is 51.4 Å². The second kappa shape index (κ2) is 5.00. The quantitative estimate of drug-likeness (QED) is 0.885. The van der Waals surface area contributed by atoms with Gasteiger partial charge >= 0.3 is 0 Å². The van der Waals surface area contributed by atoms with Crippen LogP contribution in [-0.2, 0) is 0 Å². The lowest BCUT2D eigenvalue weighted by Gasteiger charge is -2.05. The summed E-state index contributed by atoms with van der Waals surface area (Å²) in [6, 6.07) is 6.21. The van der Waals surface area contributed by atoms with Crippen LogP contribution >= 0.6 is 34.8 Å². The maximum absolute atomic E-state index is 11.8. The van der Waals surface area contributed by atoms with E-state index >= 15 is 0 Å². The van der Waals surface area contributed by atoms with Crippen molar-refractivity contribution in [2.45, 2.75) is 0 Å². The van der Waals surface area contributed by atoms with Crippen molar-refractivity contribution in [3.63, 3.8) is 0 Å². The van der Waals surface area contributed by atoms with Crippen molar-refractivity contribution >= 4 is 46.4 Å². The number of amides is 1. The molecular formula is C11H6Cl3NO2. The molecule has 1 N–H and O–H groups in total. The van der Waals surface area contributed by atoms with Crippen molar-refractivity contribution in [2.24, 2.45) is 0 Å². The summed E-state index contributed by atoms with van der Waals surface area (Å²) in [7, 11) is 0. The Morgan fingerprint density at radius 3 is 2.29 bits per heavy atom. The Morgan fingerprint density at radius 1 is 1.12 bits per heavy atom. The lowest BCUT2D eigenvalue weighted by Crippen LogP contribution is -2.11. The maximum atomic E-state index is 11.8. The van der Waals surface area contributed by atoms with Crippen molar-refractivity contribution in [3.8, 4) is 0 Å². The molecule has 1 amide bonds. The van der Waals surface area contributed by atoms with Gasteiger partial charge in [-0.15, -0.1) is 0 Å². The summed E-state index contributed by atoms with van der Waals surface area (Å²) < 4.78 is 4.82. The highest BCUT2D eigenvalue weighted by atomic mass is 35.5. The molecule has 0 aliphatic carbocycles. The van der Waals surface area contributed by atoms with E-state index in [0.29, 0.717) is 15.7 Å². The molecule has 88 valence electrons. The number of hydrogen-bond acceptors (Lipinski definition) is 2. The molecule has 3 nitrogen and oxygen atoms in total. The molecule has 1 aromatic heterocycles. The molecule has 0 radical (unpaired) electrons. The summed E-state index contributed by atoms with van der Waals surface area (Å²) in [5.41, 5.74) is 0.743. The predicted molar refractivity (Wildman–Crippen MR) is 68.1 cm³/mol. The van der Waals surface area contributed by atoms with Crippen LogP contribution < -0.4 is 5.32 Å². The molecule has 0 aliphatic heterocycles. The first-order valence-corrected chi connectivity index (χ1v) is 5.70. The van der Waals surface area contributed by atoms with Crippen LogP contribution in [0.2, 0.25) is 15.3 Å². The van der Waals surface area contributed by atoms with Gasteiger partial charge in [0.25, 0.3) is 5.91 Å². The fraction of sp³-hybridized carbons (Fsp3) is 0. The summed E-state index contributed by atoms with van der Waals surface area (Å²) in [5.74, 6) is -0.387. The molecule has 0 spiro atoms. The molecule has 0 saturated carbocycles. The van der Waals surface area contributed by atoms with Gasteiger partial charge in [-0.1, -0.05) is 23.2 Å². The molecule has 6 heteroatoms. The van der Waals surface area contributed by atoms with Crippen LogP contribution in [0.1, 0.15) is 10.4 Å². The Morgan fingerprint density at radius 2 is 1.76 bits per heavy atom. The number of hydrogen-bond donors (Lipinski definition) is 1. The molecule has 2 aromatic rings. The van der Waals surface area contributed by atoms with Crippen molar-refractivity contribution in [1.29, 1.82) is 0 Å². The van der Waals surface area contributed by atoms with Crippen molar-refractivity contribution in [1.82, 2.24) is 0 Å². The third-order valence-corrected chi connectivity index (χ3v) is 2.71. The van der Waals surface area contributed by atoms with Gasteiger partial charge in [0.05, 0.1) is 11.8 Å². The number of anilines is 1. The SMILES string of the molecule is O=C(Nc1cc(Cl)cc(Cl)c1)c1ccoc1Cl. The number of carbonyl (C=O) groups is 1. The fourth-order valence-electron chi connectivity index (χ4n) is 1.28. The monoisotopic (exact) mass is 289 g/mol. The fourth-order valence-corrected chi connectivity index (χ4v) is 2.01. The van der Waals surface area contributed by atoms with E-state index in [1.165, 1.54) is 12.3 Å². The van der Waals surface area contributed by atoms with E-state index in [-0.39, 0.29) is 16.7 Å². The minimum absolute atomic E-state index is 0.0376. The van der Waals surface area contributed by atoms with Crippen LogP contribution in [0.4, 0.5) is 5.69 Å². The average molecular weight is 291 g/mol. The zero-order valence-electron chi connectivity index (χ0n) is 8.34. The average Bonchev–Trinajstić information content (AvgIpc) is 2.62. The van der Waals surface area contributed by atoms with Crippen LogP contribution in [-0.4, -0.2) is 5.91 Å². The highest BCUT2D eigenvalue weighted by molar-refractivity contribution is 6.35. The van der Waals surface area contributed by atoms with Gasteiger partial charge in [-0.3, -0.25) is 4.79 Å². The molecule has 17 heavy (non-hydrogen) atoms. The molecule has 1 aromatic carbocycles. The molecule has 2 rings (SSSR count). The van der Waals surface area contributed by atoms with E-state index in [4.69, 9.17) is 39.2 Å². The summed E-state index contributed by atoms with van der Waals surface area (Å²) in [6.45, 7) is 0. The minimum Gasteiger partial charge on any atom is -0.452 e. The van der Waals surface area contributed by atoms with Crippen LogP contribution in [0, 0.1) is 0 Å². The van der Waals surface area contributed by atoms with Crippen molar-refractivity contribution in [2.75, 3.05) is 5.32 Å². The van der Waals surface area contributed by atoms with E-state index in [2.05, 4.69) is 5.32 Å². The van der Waals surface area contributed by atoms with Crippen molar-refractivity contribution < 1.29 is 9.21 Å². The summed E-state index contributed by atoms with van der Waals surface area (Å²) in [6.07, 6.45) is 1.34. The lowest BCUT2D eigenvalue weighted by atomic mass is 10.3.